The zero-order valence-corrected chi connectivity index (χ0v) is 18.8. The first kappa shape index (κ1) is 21.1. The van der Waals surface area contributed by atoms with E-state index in [1.54, 1.807) is 6.07 Å². The first-order valence-corrected chi connectivity index (χ1v) is 10.8. The molecule has 0 atom stereocenters. The van der Waals surface area contributed by atoms with Gasteiger partial charge in [-0.2, -0.15) is 0 Å². The van der Waals surface area contributed by atoms with Crippen LogP contribution in [0.1, 0.15) is 11.1 Å². The molecule has 0 saturated carbocycles. The van der Waals surface area contributed by atoms with Crippen LogP contribution >= 0.6 is 35.4 Å². The van der Waals surface area contributed by atoms with Crippen LogP contribution in [0.3, 0.4) is 0 Å². The SMILES string of the molecule is Cc1cc(=O)oc2cc(NC(=S)N3CCN(Cc4ccc(Cl)cc4Cl)CC3)ccc12. The Hall–Kier alpha value is -2.12. The van der Waals surface area contributed by atoms with E-state index >= 15 is 0 Å². The van der Waals surface area contributed by atoms with Crippen LogP contribution in [0.4, 0.5) is 5.69 Å². The molecule has 1 aromatic heterocycles. The lowest BCUT2D eigenvalue weighted by molar-refractivity contribution is 0.177. The maximum absolute atomic E-state index is 11.6. The van der Waals surface area contributed by atoms with Gasteiger partial charge in [0.1, 0.15) is 5.58 Å². The normalized spacial score (nSPS) is 14.8. The number of nitrogens with zero attached hydrogens (tertiary/aromatic N) is 2. The van der Waals surface area contributed by atoms with Crippen molar-refractivity contribution >= 4 is 57.2 Å². The predicted molar refractivity (Wildman–Crippen MR) is 127 cm³/mol. The topological polar surface area (TPSA) is 48.7 Å². The molecule has 0 spiro atoms. The van der Waals surface area contributed by atoms with Crippen molar-refractivity contribution in [1.82, 2.24) is 9.80 Å². The first-order valence-electron chi connectivity index (χ1n) is 9.66. The predicted octanol–water partition coefficient (Wildman–Crippen LogP) is 4.92. The van der Waals surface area contributed by atoms with Gasteiger partial charge in [0.05, 0.1) is 0 Å². The van der Waals surface area contributed by atoms with E-state index in [0.717, 1.165) is 54.9 Å². The summed E-state index contributed by atoms with van der Waals surface area (Å²) in [5.74, 6) is 0. The van der Waals surface area contributed by atoms with Crippen molar-refractivity contribution in [2.75, 3.05) is 31.5 Å². The highest BCUT2D eigenvalue weighted by atomic mass is 35.5. The van der Waals surface area contributed by atoms with Gasteiger partial charge in [0.15, 0.2) is 5.11 Å². The lowest BCUT2D eigenvalue weighted by Gasteiger charge is -2.36. The molecular weight excluding hydrogens is 441 g/mol. The second-order valence-corrected chi connectivity index (χ2v) is 8.62. The number of anilines is 1. The lowest BCUT2D eigenvalue weighted by Crippen LogP contribution is -2.49. The van der Waals surface area contributed by atoms with Crippen LogP contribution in [0.15, 0.2) is 51.7 Å². The summed E-state index contributed by atoms with van der Waals surface area (Å²) < 4.78 is 5.32. The highest BCUT2D eigenvalue weighted by Crippen LogP contribution is 2.23. The summed E-state index contributed by atoms with van der Waals surface area (Å²) in [6.07, 6.45) is 0. The van der Waals surface area contributed by atoms with Crippen LogP contribution < -0.4 is 10.9 Å². The molecule has 0 radical (unpaired) electrons. The Kier molecular flexibility index (Phi) is 6.29. The standard InChI is InChI=1S/C22H21Cl2N3O2S/c1-14-10-21(28)29-20-12-17(4-5-18(14)20)25-22(30)27-8-6-26(7-9-27)13-15-2-3-16(23)11-19(15)24/h2-5,10-12H,6-9,13H2,1H3,(H,25,30). The number of nitrogens with one attached hydrogen (secondary N) is 1. The van der Waals surface area contributed by atoms with Gasteiger partial charge in [-0.05, 0) is 54.5 Å². The third-order valence-electron chi connectivity index (χ3n) is 5.27. The number of fused-ring (bicyclic) bond motifs is 1. The average Bonchev–Trinajstić information content (AvgIpc) is 2.70. The minimum Gasteiger partial charge on any atom is -0.423 e. The van der Waals surface area contributed by atoms with Gasteiger partial charge in [-0.3, -0.25) is 4.90 Å². The van der Waals surface area contributed by atoms with Gasteiger partial charge in [-0.15, -0.1) is 0 Å². The van der Waals surface area contributed by atoms with Crippen molar-refractivity contribution in [2.24, 2.45) is 0 Å². The molecule has 2 heterocycles. The van der Waals surface area contributed by atoms with E-state index < -0.39 is 0 Å². The molecule has 0 unspecified atom stereocenters. The van der Waals surface area contributed by atoms with Crippen LogP contribution in [0.2, 0.25) is 10.0 Å². The summed E-state index contributed by atoms with van der Waals surface area (Å²) in [4.78, 5) is 16.1. The first-order chi connectivity index (χ1) is 14.4. The maximum atomic E-state index is 11.6. The molecule has 2 aromatic carbocycles. The summed E-state index contributed by atoms with van der Waals surface area (Å²) >= 11 is 17.9. The summed E-state index contributed by atoms with van der Waals surface area (Å²) in [5, 5.41) is 6.18. The molecule has 1 N–H and O–H groups in total. The molecule has 30 heavy (non-hydrogen) atoms. The molecule has 1 fully saturated rings. The van der Waals surface area contributed by atoms with Gasteiger partial charge in [0.25, 0.3) is 0 Å². The molecule has 1 saturated heterocycles. The highest BCUT2D eigenvalue weighted by molar-refractivity contribution is 7.80. The monoisotopic (exact) mass is 461 g/mol. The summed E-state index contributed by atoms with van der Waals surface area (Å²) in [6.45, 7) is 6.08. The number of aryl methyl sites for hydroxylation is 1. The fourth-order valence-corrected chi connectivity index (χ4v) is 4.37. The highest BCUT2D eigenvalue weighted by Gasteiger charge is 2.20. The molecule has 4 rings (SSSR count). The van der Waals surface area contributed by atoms with Crippen molar-refractivity contribution in [3.05, 3.63) is 74.1 Å². The van der Waals surface area contributed by atoms with Gasteiger partial charge in [-0.25, -0.2) is 4.79 Å². The number of halogens is 2. The van der Waals surface area contributed by atoms with E-state index in [9.17, 15) is 4.79 Å². The Labute approximate surface area is 190 Å². The van der Waals surface area contributed by atoms with Crippen molar-refractivity contribution < 1.29 is 4.42 Å². The van der Waals surface area contributed by atoms with Gasteiger partial charge in [-0.1, -0.05) is 29.3 Å². The lowest BCUT2D eigenvalue weighted by atomic mass is 10.1. The minimum absolute atomic E-state index is 0.350. The molecule has 1 aliphatic heterocycles. The van der Waals surface area contributed by atoms with Crippen LogP contribution in [0.5, 0.6) is 0 Å². The molecule has 0 amide bonds. The van der Waals surface area contributed by atoms with Gasteiger partial charge < -0.3 is 14.6 Å². The van der Waals surface area contributed by atoms with Gasteiger partial charge in [0, 0.05) is 66.0 Å². The molecule has 5 nitrogen and oxygen atoms in total. The Bertz CT molecular complexity index is 1160. The second kappa shape index (κ2) is 8.94. The van der Waals surface area contributed by atoms with E-state index in [-0.39, 0.29) is 5.63 Å². The number of piperazine rings is 1. The van der Waals surface area contributed by atoms with Crippen molar-refractivity contribution in [1.29, 1.82) is 0 Å². The van der Waals surface area contributed by atoms with E-state index in [1.165, 1.54) is 6.07 Å². The number of benzene rings is 2. The molecule has 8 heteroatoms. The Morgan fingerprint density at radius 2 is 1.87 bits per heavy atom. The van der Waals surface area contributed by atoms with Crippen molar-refractivity contribution in [2.45, 2.75) is 13.5 Å². The summed E-state index contributed by atoms with van der Waals surface area (Å²) in [7, 11) is 0. The van der Waals surface area contributed by atoms with Crippen molar-refractivity contribution in [3.8, 4) is 0 Å². The largest absolute Gasteiger partial charge is 0.423 e. The quantitative estimate of drug-likeness (QED) is 0.441. The van der Waals surface area contributed by atoms with Gasteiger partial charge >= 0.3 is 5.63 Å². The number of hydrogen-bond acceptors (Lipinski definition) is 4. The van der Waals surface area contributed by atoms with Gasteiger partial charge in [0.2, 0.25) is 0 Å². The zero-order valence-electron chi connectivity index (χ0n) is 16.5. The summed E-state index contributed by atoms with van der Waals surface area (Å²) in [5.41, 5.74) is 2.97. The molecular formula is C22H21Cl2N3O2S. The molecule has 1 aliphatic rings. The fraction of sp³-hybridized carbons (Fsp3) is 0.273. The Morgan fingerprint density at radius 1 is 1.10 bits per heavy atom. The Balaban J connectivity index is 1.36. The number of rotatable bonds is 3. The third kappa shape index (κ3) is 4.78. The second-order valence-electron chi connectivity index (χ2n) is 7.39. The third-order valence-corrected chi connectivity index (χ3v) is 6.22. The van der Waals surface area contributed by atoms with E-state index in [1.807, 2.05) is 37.3 Å². The van der Waals surface area contributed by atoms with E-state index in [0.29, 0.717) is 20.7 Å². The van der Waals surface area contributed by atoms with Crippen LogP contribution in [0.25, 0.3) is 11.0 Å². The van der Waals surface area contributed by atoms with Crippen LogP contribution in [-0.2, 0) is 6.54 Å². The smallest absolute Gasteiger partial charge is 0.336 e. The number of hydrogen-bond donors (Lipinski definition) is 1. The average molecular weight is 462 g/mol. The molecule has 0 aliphatic carbocycles. The molecule has 0 bridgehead atoms. The molecule has 3 aromatic rings. The molecule has 156 valence electrons. The van der Waals surface area contributed by atoms with E-state index in [4.69, 9.17) is 39.8 Å². The Morgan fingerprint density at radius 3 is 2.60 bits per heavy atom. The van der Waals surface area contributed by atoms with Crippen molar-refractivity contribution in [3.63, 3.8) is 0 Å². The summed E-state index contributed by atoms with van der Waals surface area (Å²) in [6, 6.07) is 12.8. The minimum atomic E-state index is -0.350. The van der Waals surface area contributed by atoms with Crippen LogP contribution in [0, 0.1) is 6.92 Å². The van der Waals surface area contributed by atoms with Crippen LogP contribution in [-0.4, -0.2) is 41.1 Å². The zero-order chi connectivity index (χ0) is 21.3. The maximum Gasteiger partial charge on any atom is 0.336 e. The number of thiocarbonyl (C=S) groups is 1. The fourth-order valence-electron chi connectivity index (χ4n) is 3.61. The van der Waals surface area contributed by atoms with E-state index in [2.05, 4.69) is 15.1 Å².